The molecule has 1 unspecified atom stereocenters. The average molecular weight is 375 g/mol. The third-order valence-electron chi connectivity index (χ3n) is 5.45. The van der Waals surface area contributed by atoms with Crippen LogP contribution in [0, 0.1) is 0 Å². The lowest BCUT2D eigenvalue weighted by atomic mass is 10.0. The van der Waals surface area contributed by atoms with E-state index in [1.807, 2.05) is 12.1 Å². The summed E-state index contributed by atoms with van der Waals surface area (Å²) in [6.07, 6.45) is 5.13. The Morgan fingerprint density at radius 3 is 2.56 bits per heavy atom. The average Bonchev–Trinajstić information content (AvgIpc) is 3.22. The molecule has 1 aliphatic carbocycles. The Labute approximate surface area is 163 Å². The molecule has 1 atom stereocenters. The van der Waals surface area contributed by atoms with Gasteiger partial charge in [0.05, 0.1) is 32.9 Å². The first-order valence-corrected chi connectivity index (χ1v) is 10.3. The van der Waals surface area contributed by atoms with Crippen LogP contribution in [-0.2, 0) is 4.74 Å². The van der Waals surface area contributed by atoms with Gasteiger partial charge >= 0.3 is 0 Å². The second-order valence-corrected chi connectivity index (χ2v) is 7.28. The van der Waals surface area contributed by atoms with Gasteiger partial charge < -0.3 is 20.1 Å². The first kappa shape index (κ1) is 20.0. The summed E-state index contributed by atoms with van der Waals surface area (Å²) in [4.78, 5) is 7.43. The Morgan fingerprint density at radius 1 is 1.22 bits per heavy atom. The molecule has 0 bridgehead atoms. The highest BCUT2D eigenvalue weighted by Crippen LogP contribution is 2.24. The van der Waals surface area contributed by atoms with Crippen LogP contribution in [-0.4, -0.2) is 63.4 Å². The molecule has 1 aliphatic heterocycles. The Kier molecular flexibility index (Phi) is 7.78. The van der Waals surface area contributed by atoms with Gasteiger partial charge in [0.1, 0.15) is 5.75 Å². The fourth-order valence-electron chi connectivity index (χ4n) is 3.91. The number of aliphatic imine (C=N–C) groups is 1. The predicted molar refractivity (Wildman–Crippen MR) is 109 cm³/mol. The Morgan fingerprint density at radius 2 is 1.93 bits per heavy atom. The largest absolute Gasteiger partial charge is 0.497 e. The van der Waals surface area contributed by atoms with E-state index in [0.717, 1.165) is 51.1 Å². The van der Waals surface area contributed by atoms with Crippen LogP contribution in [0.5, 0.6) is 5.75 Å². The summed E-state index contributed by atoms with van der Waals surface area (Å²) in [5.41, 5.74) is 1.28. The minimum Gasteiger partial charge on any atom is -0.497 e. The second kappa shape index (κ2) is 10.5. The molecule has 0 spiro atoms. The molecule has 0 amide bonds. The zero-order chi connectivity index (χ0) is 18.9. The summed E-state index contributed by atoms with van der Waals surface area (Å²) in [6, 6.07) is 9.20. The van der Waals surface area contributed by atoms with E-state index in [1.54, 1.807) is 7.11 Å². The fraction of sp³-hybridized carbons (Fsp3) is 0.667. The molecule has 2 N–H and O–H groups in total. The third-order valence-corrected chi connectivity index (χ3v) is 5.45. The van der Waals surface area contributed by atoms with Gasteiger partial charge in [-0.3, -0.25) is 9.89 Å². The van der Waals surface area contributed by atoms with Crippen molar-refractivity contribution in [3.63, 3.8) is 0 Å². The van der Waals surface area contributed by atoms with Crippen LogP contribution in [0.25, 0.3) is 0 Å². The molecule has 2 aliphatic rings. The van der Waals surface area contributed by atoms with Crippen molar-refractivity contribution in [3.05, 3.63) is 29.8 Å². The molecule has 3 rings (SSSR count). The van der Waals surface area contributed by atoms with Crippen LogP contribution >= 0.6 is 0 Å². The number of ether oxygens (including phenoxy) is 2. The minimum absolute atomic E-state index is 0.249. The van der Waals surface area contributed by atoms with Crippen molar-refractivity contribution in [2.45, 2.75) is 44.7 Å². The molecule has 6 heteroatoms. The highest BCUT2D eigenvalue weighted by Gasteiger charge is 2.23. The number of nitrogens with zero attached hydrogens (tertiary/aromatic N) is 2. The van der Waals surface area contributed by atoms with Crippen molar-refractivity contribution in [2.24, 2.45) is 4.99 Å². The van der Waals surface area contributed by atoms with Crippen LogP contribution < -0.4 is 15.4 Å². The first-order chi connectivity index (χ1) is 13.3. The SMILES string of the molecule is CCNC(=NCC(c1ccc(OC)cc1)N1CCOCC1)NC1CCCC1. The molecule has 1 heterocycles. The lowest BCUT2D eigenvalue weighted by Gasteiger charge is -2.34. The maximum absolute atomic E-state index is 5.55. The normalized spacial score (nSPS) is 20.4. The fourth-order valence-corrected chi connectivity index (χ4v) is 3.91. The number of morpholine rings is 1. The monoisotopic (exact) mass is 374 g/mol. The quantitative estimate of drug-likeness (QED) is 0.567. The van der Waals surface area contributed by atoms with Gasteiger partial charge in [-0.2, -0.15) is 0 Å². The zero-order valence-electron chi connectivity index (χ0n) is 16.7. The van der Waals surface area contributed by atoms with Crippen LogP contribution in [0.15, 0.2) is 29.3 Å². The van der Waals surface area contributed by atoms with E-state index in [2.05, 4.69) is 34.6 Å². The van der Waals surface area contributed by atoms with E-state index in [4.69, 9.17) is 14.5 Å². The van der Waals surface area contributed by atoms with Gasteiger partial charge in [-0.05, 0) is 37.5 Å². The van der Waals surface area contributed by atoms with E-state index in [0.29, 0.717) is 6.04 Å². The summed E-state index contributed by atoms with van der Waals surface area (Å²) in [7, 11) is 1.70. The Bertz CT molecular complexity index is 578. The number of rotatable bonds is 7. The van der Waals surface area contributed by atoms with E-state index in [-0.39, 0.29) is 6.04 Å². The van der Waals surface area contributed by atoms with E-state index in [9.17, 15) is 0 Å². The minimum atomic E-state index is 0.249. The van der Waals surface area contributed by atoms with Crippen molar-refractivity contribution < 1.29 is 9.47 Å². The molecule has 1 aromatic rings. The highest BCUT2D eigenvalue weighted by atomic mass is 16.5. The van der Waals surface area contributed by atoms with Crippen LogP contribution in [0.3, 0.4) is 0 Å². The van der Waals surface area contributed by atoms with Crippen LogP contribution in [0.1, 0.15) is 44.2 Å². The smallest absolute Gasteiger partial charge is 0.191 e. The molecular weight excluding hydrogens is 340 g/mol. The molecular formula is C21H34N4O2. The Balaban J connectivity index is 1.73. The molecule has 1 saturated heterocycles. The van der Waals surface area contributed by atoms with Crippen molar-refractivity contribution in [1.82, 2.24) is 15.5 Å². The molecule has 1 aromatic carbocycles. The van der Waals surface area contributed by atoms with Gasteiger partial charge in [0.15, 0.2) is 5.96 Å². The topological polar surface area (TPSA) is 58.1 Å². The zero-order valence-corrected chi connectivity index (χ0v) is 16.7. The lowest BCUT2D eigenvalue weighted by Crippen LogP contribution is -2.44. The van der Waals surface area contributed by atoms with Gasteiger partial charge in [0.2, 0.25) is 0 Å². The number of hydrogen-bond acceptors (Lipinski definition) is 4. The standard InChI is InChI=1S/C21H34N4O2/c1-3-22-21(24-18-6-4-5-7-18)23-16-20(25-12-14-27-15-13-25)17-8-10-19(26-2)11-9-17/h8-11,18,20H,3-7,12-16H2,1-2H3,(H2,22,23,24). The molecule has 6 nitrogen and oxygen atoms in total. The van der Waals surface area contributed by atoms with E-state index >= 15 is 0 Å². The van der Waals surface area contributed by atoms with Crippen LogP contribution in [0.4, 0.5) is 0 Å². The van der Waals surface area contributed by atoms with Gasteiger partial charge in [0.25, 0.3) is 0 Å². The van der Waals surface area contributed by atoms with Crippen molar-refractivity contribution in [3.8, 4) is 5.75 Å². The third kappa shape index (κ3) is 5.84. The molecule has 1 saturated carbocycles. The number of nitrogens with one attached hydrogen (secondary N) is 2. The highest BCUT2D eigenvalue weighted by molar-refractivity contribution is 5.80. The molecule has 27 heavy (non-hydrogen) atoms. The van der Waals surface area contributed by atoms with Gasteiger partial charge in [-0.15, -0.1) is 0 Å². The molecule has 150 valence electrons. The first-order valence-electron chi connectivity index (χ1n) is 10.3. The number of hydrogen-bond donors (Lipinski definition) is 2. The van der Waals surface area contributed by atoms with E-state index in [1.165, 1.54) is 31.2 Å². The maximum atomic E-state index is 5.55. The summed E-state index contributed by atoms with van der Waals surface area (Å²) >= 11 is 0. The number of guanidine groups is 1. The summed E-state index contributed by atoms with van der Waals surface area (Å²) < 4.78 is 10.9. The summed E-state index contributed by atoms with van der Waals surface area (Å²) in [5, 5.41) is 7.03. The number of methoxy groups -OCH3 is 1. The van der Waals surface area contributed by atoms with Crippen molar-refractivity contribution in [2.75, 3.05) is 46.5 Å². The van der Waals surface area contributed by atoms with Crippen LogP contribution in [0.2, 0.25) is 0 Å². The maximum Gasteiger partial charge on any atom is 0.191 e. The summed E-state index contributed by atoms with van der Waals surface area (Å²) in [6.45, 7) is 7.19. The second-order valence-electron chi connectivity index (χ2n) is 7.28. The predicted octanol–water partition coefficient (Wildman–Crippen LogP) is 2.57. The van der Waals surface area contributed by atoms with Gasteiger partial charge in [-0.1, -0.05) is 25.0 Å². The van der Waals surface area contributed by atoms with E-state index < -0.39 is 0 Å². The van der Waals surface area contributed by atoms with Gasteiger partial charge in [-0.25, -0.2) is 0 Å². The number of benzene rings is 1. The summed E-state index contributed by atoms with van der Waals surface area (Å²) in [5.74, 6) is 1.83. The Hall–Kier alpha value is -1.79. The van der Waals surface area contributed by atoms with Crippen molar-refractivity contribution >= 4 is 5.96 Å². The molecule has 2 fully saturated rings. The van der Waals surface area contributed by atoms with Crippen molar-refractivity contribution in [1.29, 1.82) is 0 Å². The van der Waals surface area contributed by atoms with Gasteiger partial charge in [0, 0.05) is 25.7 Å². The molecule has 0 aromatic heterocycles. The molecule has 0 radical (unpaired) electrons. The lowest BCUT2D eigenvalue weighted by molar-refractivity contribution is 0.0179.